The Labute approximate surface area is 92.6 Å². The number of rotatable bonds is 5. The number of carbonyl (C=O) groups excluding carboxylic acids is 1. The summed E-state index contributed by atoms with van der Waals surface area (Å²) >= 11 is 0. The summed E-state index contributed by atoms with van der Waals surface area (Å²) in [7, 11) is 0. The van der Waals surface area contributed by atoms with Crippen LogP contribution in [0.25, 0.3) is 0 Å². The van der Waals surface area contributed by atoms with Crippen molar-refractivity contribution in [2.75, 3.05) is 0 Å². The largest absolute Gasteiger partial charge is 0.290 e. The van der Waals surface area contributed by atoms with Gasteiger partial charge in [0.05, 0.1) is 0 Å². The molecule has 1 rings (SSSR count). The summed E-state index contributed by atoms with van der Waals surface area (Å²) in [5, 5.41) is 0. The molecule has 0 amide bonds. The van der Waals surface area contributed by atoms with Crippen LogP contribution in [0, 0.1) is 5.92 Å². The van der Waals surface area contributed by atoms with Crippen LogP contribution in [-0.4, -0.2) is 5.78 Å². The molecule has 1 nitrogen and oxygen atoms in total. The average molecular weight is 204 g/mol. The lowest BCUT2D eigenvalue weighted by molar-refractivity contribution is -0.111. The van der Waals surface area contributed by atoms with Crippen LogP contribution in [0.5, 0.6) is 0 Å². The first kappa shape index (κ1) is 12.0. The molecule has 0 saturated heterocycles. The van der Waals surface area contributed by atoms with Crippen molar-refractivity contribution in [1.29, 1.82) is 0 Å². The minimum absolute atomic E-state index is 0.167. The highest BCUT2D eigenvalue weighted by Gasteiger charge is 2.17. The van der Waals surface area contributed by atoms with Gasteiger partial charge in [-0.1, -0.05) is 51.0 Å². The SMILES string of the molecule is CCCCC/C=C\C=C1\C(=O)C=C[C@@H]1C. The van der Waals surface area contributed by atoms with Gasteiger partial charge in [0.25, 0.3) is 0 Å². The number of ketones is 1. The van der Waals surface area contributed by atoms with Gasteiger partial charge in [-0.25, -0.2) is 0 Å². The average Bonchev–Trinajstić information content (AvgIpc) is 2.54. The normalized spacial score (nSPS) is 23.5. The van der Waals surface area contributed by atoms with E-state index in [1.165, 1.54) is 19.3 Å². The van der Waals surface area contributed by atoms with Gasteiger partial charge >= 0.3 is 0 Å². The van der Waals surface area contributed by atoms with E-state index in [2.05, 4.69) is 19.9 Å². The van der Waals surface area contributed by atoms with Gasteiger partial charge in [-0.2, -0.15) is 0 Å². The predicted molar refractivity (Wildman–Crippen MR) is 64.7 cm³/mol. The van der Waals surface area contributed by atoms with E-state index < -0.39 is 0 Å². The summed E-state index contributed by atoms with van der Waals surface area (Å²) in [6, 6.07) is 0. The maximum Gasteiger partial charge on any atom is 0.182 e. The molecular weight excluding hydrogens is 184 g/mol. The molecule has 0 unspecified atom stereocenters. The Morgan fingerprint density at radius 1 is 1.40 bits per heavy atom. The lowest BCUT2D eigenvalue weighted by Gasteiger charge is -1.99. The van der Waals surface area contributed by atoms with Crippen molar-refractivity contribution < 1.29 is 4.79 Å². The molecule has 0 fully saturated rings. The second-order valence-electron chi connectivity index (χ2n) is 4.06. The van der Waals surface area contributed by atoms with Crippen LogP contribution in [-0.2, 0) is 4.79 Å². The summed E-state index contributed by atoms with van der Waals surface area (Å²) in [6.07, 6.45) is 14.7. The summed E-state index contributed by atoms with van der Waals surface area (Å²) in [4.78, 5) is 11.4. The van der Waals surface area contributed by atoms with Crippen LogP contribution in [0.3, 0.4) is 0 Å². The first-order chi connectivity index (χ1) is 7.25. The standard InChI is InChI=1S/C14H20O/c1-3-4-5-6-7-8-9-13-12(2)10-11-14(13)15/h7-12H,3-6H2,1-2H3/b8-7-,13-9+/t12-/m0/s1. The molecule has 0 spiro atoms. The summed E-state index contributed by atoms with van der Waals surface area (Å²) in [6.45, 7) is 4.26. The first-order valence-corrected chi connectivity index (χ1v) is 5.85. The van der Waals surface area contributed by atoms with Crippen LogP contribution in [0.1, 0.15) is 39.5 Å². The van der Waals surface area contributed by atoms with Crippen molar-refractivity contribution in [2.45, 2.75) is 39.5 Å². The zero-order chi connectivity index (χ0) is 11.1. The Morgan fingerprint density at radius 2 is 2.20 bits per heavy atom. The van der Waals surface area contributed by atoms with Gasteiger partial charge in [0, 0.05) is 11.5 Å². The molecule has 15 heavy (non-hydrogen) atoms. The molecule has 0 radical (unpaired) electrons. The van der Waals surface area contributed by atoms with Crippen molar-refractivity contribution in [3.63, 3.8) is 0 Å². The molecule has 0 aromatic carbocycles. The van der Waals surface area contributed by atoms with Gasteiger partial charge in [0.15, 0.2) is 5.78 Å². The lowest BCUT2D eigenvalue weighted by Crippen LogP contribution is -1.97. The van der Waals surface area contributed by atoms with Crippen molar-refractivity contribution >= 4 is 5.78 Å². The van der Waals surface area contributed by atoms with Crippen molar-refractivity contribution in [3.05, 3.63) is 36.0 Å². The van der Waals surface area contributed by atoms with Gasteiger partial charge < -0.3 is 0 Å². The topological polar surface area (TPSA) is 17.1 Å². The van der Waals surface area contributed by atoms with Crippen molar-refractivity contribution in [2.24, 2.45) is 5.92 Å². The van der Waals surface area contributed by atoms with Crippen molar-refractivity contribution in [3.8, 4) is 0 Å². The van der Waals surface area contributed by atoms with Crippen LogP contribution in [0.15, 0.2) is 36.0 Å². The molecule has 1 aliphatic carbocycles. The monoisotopic (exact) mass is 204 g/mol. The van der Waals surface area contributed by atoms with Crippen LogP contribution in [0.4, 0.5) is 0 Å². The fourth-order valence-corrected chi connectivity index (χ4v) is 1.67. The molecule has 1 heteroatoms. The molecule has 1 aliphatic rings. The second-order valence-corrected chi connectivity index (χ2v) is 4.06. The molecule has 0 heterocycles. The molecule has 0 saturated carbocycles. The third-order valence-corrected chi connectivity index (χ3v) is 2.70. The van der Waals surface area contributed by atoms with Gasteiger partial charge in [0.2, 0.25) is 0 Å². The Hall–Kier alpha value is -1.11. The Bertz CT molecular complexity index is 294. The fraction of sp³-hybridized carbons (Fsp3) is 0.500. The van der Waals surface area contributed by atoms with Crippen LogP contribution in [0.2, 0.25) is 0 Å². The third kappa shape index (κ3) is 3.86. The first-order valence-electron chi connectivity index (χ1n) is 5.85. The van der Waals surface area contributed by atoms with Crippen molar-refractivity contribution in [1.82, 2.24) is 0 Å². The number of unbranched alkanes of at least 4 members (excludes halogenated alkanes) is 3. The van der Waals surface area contributed by atoms with E-state index in [1.54, 1.807) is 6.08 Å². The van der Waals surface area contributed by atoms with Crippen LogP contribution >= 0.6 is 0 Å². The number of hydrogen-bond acceptors (Lipinski definition) is 1. The Kier molecular flexibility index (Phi) is 5.09. The van der Waals surface area contributed by atoms with Crippen LogP contribution < -0.4 is 0 Å². The van der Waals surface area contributed by atoms with E-state index in [9.17, 15) is 4.79 Å². The number of hydrogen-bond donors (Lipinski definition) is 0. The zero-order valence-electron chi connectivity index (χ0n) is 9.70. The molecule has 0 aromatic heterocycles. The number of allylic oxidation sites excluding steroid dienone is 6. The minimum Gasteiger partial charge on any atom is -0.290 e. The quantitative estimate of drug-likeness (QED) is 0.491. The van der Waals surface area contributed by atoms with Gasteiger partial charge in [-0.3, -0.25) is 4.79 Å². The molecule has 0 aromatic rings. The number of carbonyl (C=O) groups is 1. The highest BCUT2D eigenvalue weighted by molar-refractivity contribution is 6.07. The van der Waals surface area contributed by atoms with E-state index in [1.807, 2.05) is 18.2 Å². The third-order valence-electron chi connectivity index (χ3n) is 2.70. The Morgan fingerprint density at radius 3 is 2.80 bits per heavy atom. The minimum atomic E-state index is 0.167. The molecule has 0 N–H and O–H groups in total. The van der Waals surface area contributed by atoms with E-state index in [0.717, 1.165) is 12.0 Å². The molecule has 82 valence electrons. The summed E-state index contributed by atoms with van der Waals surface area (Å²) in [5.41, 5.74) is 0.918. The summed E-state index contributed by atoms with van der Waals surface area (Å²) in [5.74, 6) is 0.457. The van der Waals surface area contributed by atoms with E-state index in [-0.39, 0.29) is 11.7 Å². The smallest absolute Gasteiger partial charge is 0.182 e. The van der Waals surface area contributed by atoms with Gasteiger partial charge in [-0.15, -0.1) is 0 Å². The van der Waals surface area contributed by atoms with E-state index in [0.29, 0.717) is 0 Å². The predicted octanol–water partition coefficient (Wildman–Crippen LogP) is 3.82. The molecule has 0 bridgehead atoms. The zero-order valence-corrected chi connectivity index (χ0v) is 9.70. The van der Waals surface area contributed by atoms with Gasteiger partial charge in [0.1, 0.15) is 0 Å². The highest BCUT2D eigenvalue weighted by Crippen LogP contribution is 2.20. The fourth-order valence-electron chi connectivity index (χ4n) is 1.67. The molecular formula is C14H20O. The molecule has 0 aliphatic heterocycles. The Balaban J connectivity index is 2.34. The summed E-state index contributed by atoms with van der Waals surface area (Å²) < 4.78 is 0. The van der Waals surface area contributed by atoms with E-state index in [4.69, 9.17) is 0 Å². The highest BCUT2D eigenvalue weighted by atomic mass is 16.1. The maximum absolute atomic E-state index is 11.4. The van der Waals surface area contributed by atoms with Gasteiger partial charge in [-0.05, 0) is 18.9 Å². The van der Waals surface area contributed by atoms with E-state index >= 15 is 0 Å². The maximum atomic E-state index is 11.4. The molecule has 1 atom stereocenters. The lowest BCUT2D eigenvalue weighted by atomic mass is 10.0. The second kappa shape index (κ2) is 6.39.